The third kappa shape index (κ3) is 4.12. The van der Waals surface area contributed by atoms with Crippen LogP contribution in [0.5, 0.6) is 0 Å². The Labute approximate surface area is 213 Å². The van der Waals surface area contributed by atoms with Crippen LogP contribution in [0.25, 0.3) is 22.8 Å². The number of aromatic nitrogens is 4. The monoisotopic (exact) mass is 491 g/mol. The van der Waals surface area contributed by atoms with E-state index in [1.165, 1.54) is 4.68 Å². The van der Waals surface area contributed by atoms with E-state index in [0.717, 1.165) is 12.8 Å². The molecule has 2 aromatic carbocycles. The highest BCUT2D eigenvalue weighted by molar-refractivity contribution is 6.04. The summed E-state index contributed by atoms with van der Waals surface area (Å²) in [5.74, 6) is 7.47. The summed E-state index contributed by atoms with van der Waals surface area (Å²) in [4.78, 5) is 32.2. The average Bonchev–Trinajstić information content (AvgIpc) is 3.67. The number of carbonyl (C=O) groups excluding carboxylic acids is 1. The third-order valence-electron chi connectivity index (χ3n) is 6.46. The third-order valence-corrected chi connectivity index (χ3v) is 6.46. The molecule has 1 fully saturated rings. The van der Waals surface area contributed by atoms with Gasteiger partial charge in [-0.2, -0.15) is 0 Å². The summed E-state index contributed by atoms with van der Waals surface area (Å²) >= 11 is 0. The average molecular weight is 492 g/mol. The summed E-state index contributed by atoms with van der Waals surface area (Å²) in [6.45, 7) is 2.36. The van der Waals surface area contributed by atoms with Crippen LogP contribution in [0.3, 0.4) is 0 Å². The van der Waals surface area contributed by atoms with E-state index < -0.39 is 11.9 Å². The first-order valence-corrected chi connectivity index (χ1v) is 12.2. The van der Waals surface area contributed by atoms with E-state index in [1.54, 1.807) is 23.8 Å². The molecule has 1 saturated carbocycles. The largest absolute Gasteiger partial charge is 0.381 e. The minimum absolute atomic E-state index is 0.115. The number of benzene rings is 2. The minimum Gasteiger partial charge on any atom is -0.381 e. The standard InChI is InChI=1S/C28H25N7O2/c1-17(31-27(36)23-24(29)33-34-16-6-15-30-26(23)34)25-32-21-10-5-7-19(14-13-18-11-12-18)22(21)28(37)35(25)20-8-3-2-4-9-20/h2-10,16-18,30H,11-12,15H2,1H3,(H2,29,33)(H,31,36). The lowest BCUT2D eigenvalue weighted by Crippen LogP contribution is -2.34. The van der Waals surface area contributed by atoms with Gasteiger partial charge in [0.2, 0.25) is 0 Å². The normalized spacial score (nSPS) is 14.8. The molecule has 1 aliphatic carbocycles. The van der Waals surface area contributed by atoms with Gasteiger partial charge in [-0.1, -0.05) is 36.1 Å². The van der Waals surface area contributed by atoms with Crippen LogP contribution in [0.15, 0.2) is 59.4 Å². The molecule has 6 rings (SSSR count). The first-order valence-electron chi connectivity index (χ1n) is 12.2. The van der Waals surface area contributed by atoms with Crippen LogP contribution in [0.2, 0.25) is 0 Å². The van der Waals surface area contributed by atoms with E-state index in [-0.39, 0.29) is 16.9 Å². The summed E-state index contributed by atoms with van der Waals surface area (Å²) in [5.41, 5.74) is 7.94. The van der Waals surface area contributed by atoms with Crippen molar-refractivity contribution in [2.75, 3.05) is 17.6 Å². The number of nitrogens with zero attached hydrogens (tertiary/aromatic N) is 4. The first kappa shape index (κ1) is 22.6. The van der Waals surface area contributed by atoms with Crippen molar-refractivity contribution in [2.45, 2.75) is 25.8 Å². The fourth-order valence-electron chi connectivity index (χ4n) is 4.47. The molecule has 2 aliphatic rings. The second kappa shape index (κ2) is 8.99. The van der Waals surface area contributed by atoms with Gasteiger partial charge in [-0.15, -0.1) is 5.10 Å². The van der Waals surface area contributed by atoms with Crippen LogP contribution >= 0.6 is 0 Å². The van der Waals surface area contributed by atoms with Crippen LogP contribution in [0.1, 0.15) is 47.6 Å². The van der Waals surface area contributed by atoms with Gasteiger partial charge < -0.3 is 16.4 Å². The van der Waals surface area contributed by atoms with Crippen LogP contribution < -0.4 is 21.9 Å². The maximum Gasteiger partial charge on any atom is 0.267 e. The topological polar surface area (TPSA) is 120 Å². The number of carbonyl (C=O) groups is 1. The lowest BCUT2D eigenvalue weighted by Gasteiger charge is -2.20. The number of amides is 1. The number of fused-ring (bicyclic) bond motifs is 2. The Bertz CT molecular complexity index is 1680. The van der Waals surface area contributed by atoms with Gasteiger partial charge in [0.1, 0.15) is 17.2 Å². The van der Waals surface area contributed by atoms with Gasteiger partial charge in [-0.25, -0.2) is 9.67 Å². The Morgan fingerprint density at radius 3 is 2.78 bits per heavy atom. The molecular formula is C28H25N7O2. The number of rotatable bonds is 4. The number of hydrogen-bond acceptors (Lipinski definition) is 6. The summed E-state index contributed by atoms with van der Waals surface area (Å²) < 4.78 is 3.09. The van der Waals surface area contributed by atoms with E-state index in [1.807, 2.05) is 48.5 Å². The second-order valence-electron chi connectivity index (χ2n) is 9.20. The lowest BCUT2D eigenvalue weighted by atomic mass is 10.1. The van der Waals surface area contributed by atoms with Crippen LogP contribution in [-0.2, 0) is 0 Å². The number of hydrogen-bond donors (Lipinski definition) is 3. The number of anilines is 2. The maximum atomic E-state index is 14.0. The molecule has 4 N–H and O–H groups in total. The highest BCUT2D eigenvalue weighted by Crippen LogP contribution is 2.28. The molecule has 0 saturated heterocycles. The van der Waals surface area contributed by atoms with Gasteiger partial charge in [0, 0.05) is 24.2 Å². The number of nitrogen functional groups attached to an aromatic ring is 1. The SMILES string of the molecule is CC(NC(=O)c1c(N)nn2c1NCC=C2)c1nc2cccc(C#CC3CC3)c2c(=O)n1-c1ccccc1. The van der Waals surface area contributed by atoms with E-state index >= 15 is 0 Å². The smallest absolute Gasteiger partial charge is 0.267 e. The summed E-state index contributed by atoms with van der Waals surface area (Å²) in [7, 11) is 0. The molecule has 0 radical (unpaired) electrons. The first-order chi connectivity index (χ1) is 18.0. The van der Waals surface area contributed by atoms with E-state index in [4.69, 9.17) is 10.7 Å². The quantitative estimate of drug-likeness (QED) is 0.377. The Morgan fingerprint density at radius 1 is 1.19 bits per heavy atom. The Morgan fingerprint density at radius 2 is 2.00 bits per heavy atom. The molecule has 1 unspecified atom stereocenters. The molecule has 9 nitrogen and oxygen atoms in total. The number of para-hydroxylation sites is 1. The van der Waals surface area contributed by atoms with Gasteiger partial charge in [0.05, 0.1) is 22.6 Å². The summed E-state index contributed by atoms with van der Waals surface area (Å²) in [5, 5.41) is 10.8. The van der Waals surface area contributed by atoms with Crippen molar-refractivity contribution in [3.05, 3.63) is 81.9 Å². The number of nitrogens with one attached hydrogen (secondary N) is 2. The van der Waals surface area contributed by atoms with Gasteiger partial charge >= 0.3 is 0 Å². The Kier molecular flexibility index (Phi) is 5.49. The molecule has 3 heterocycles. The summed E-state index contributed by atoms with van der Waals surface area (Å²) in [6.07, 6.45) is 5.83. The minimum atomic E-state index is -0.625. The molecule has 1 aliphatic heterocycles. The van der Waals surface area contributed by atoms with Crippen molar-refractivity contribution in [3.63, 3.8) is 0 Å². The van der Waals surface area contributed by atoms with Crippen molar-refractivity contribution in [2.24, 2.45) is 5.92 Å². The molecule has 1 amide bonds. The molecule has 1 atom stereocenters. The fraction of sp³-hybridized carbons (Fsp3) is 0.214. The zero-order valence-corrected chi connectivity index (χ0v) is 20.2. The van der Waals surface area contributed by atoms with Crippen LogP contribution in [0, 0.1) is 17.8 Å². The van der Waals surface area contributed by atoms with E-state index in [9.17, 15) is 9.59 Å². The van der Waals surface area contributed by atoms with Gasteiger partial charge in [0.25, 0.3) is 11.5 Å². The van der Waals surface area contributed by atoms with Gasteiger partial charge in [-0.05, 0) is 50.1 Å². The molecule has 0 bridgehead atoms. The van der Waals surface area contributed by atoms with Crippen LogP contribution in [0.4, 0.5) is 11.6 Å². The van der Waals surface area contributed by atoms with Crippen molar-refractivity contribution >= 4 is 34.6 Å². The van der Waals surface area contributed by atoms with Gasteiger partial charge in [-0.3, -0.25) is 14.2 Å². The lowest BCUT2D eigenvalue weighted by molar-refractivity contribution is 0.0939. The highest BCUT2D eigenvalue weighted by atomic mass is 16.2. The zero-order valence-electron chi connectivity index (χ0n) is 20.2. The molecular weight excluding hydrogens is 466 g/mol. The predicted molar refractivity (Wildman–Crippen MR) is 143 cm³/mol. The summed E-state index contributed by atoms with van der Waals surface area (Å²) in [6, 6.07) is 14.2. The molecule has 9 heteroatoms. The zero-order chi connectivity index (χ0) is 25.5. The van der Waals surface area contributed by atoms with Gasteiger partial charge in [0.15, 0.2) is 5.82 Å². The molecule has 37 heavy (non-hydrogen) atoms. The number of nitrogens with two attached hydrogens (primary N) is 1. The predicted octanol–water partition coefficient (Wildman–Crippen LogP) is 3.31. The second-order valence-corrected chi connectivity index (χ2v) is 9.20. The Hall–Kier alpha value is -4.84. The van der Waals surface area contributed by atoms with Crippen molar-refractivity contribution in [1.29, 1.82) is 0 Å². The Balaban J connectivity index is 1.46. The van der Waals surface area contributed by atoms with Crippen molar-refractivity contribution < 1.29 is 4.79 Å². The van der Waals surface area contributed by atoms with Crippen molar-refractivity contribution in [3.8, 4) is 17.5 Å². The highest BCUT2D eigenvalue weighted by Gasteiger charge is 2.26. The molecule has 4 aromatic rings. The van der Waals surface area contributed by atoms with Crippen molar-refractivity contribution in [1.82, 2.24) is 24.6 Å². The van der Waals surface area contributed by atoms with Crippen LogP contribution in [-0.4, -0.2) is 31.8 Å². The fourth-order valence-corrected chi connectivity index (χ4v) is 4.47. The van der Waals surface area contributed by atoms with E-state index in [2.05, 4.69) is 27.6 Å². The molecule has 184 valence electrons. The molecule has 0 spiro atoms. The maximum absolute atomic E-state index is 14.0. The van der Waals surface area contributed by atoms with E-state index in [0.29, 0.717) is 46.3 Å². The molecule has 2 aromatic heterocycles.